The van der Waals surface area contributed by atoms with Crippen LogP contribution in [0.4, 0.5) is 0 Å². The summed E-state index contributed by atoms with van der Waals surface area (Å²) in [6.07, 6.45) is 0.840. The smallest absolute Gasteiger partial charge is 0.243 e. The van der Waals surface area contributed by atoms with E-state index in [1.54, 1.807) is 12.1 Å². The van der Waals surface area contributed by atoms with Crippen molar-refractivity contribution in [2.24, 2.45) is 0 Å². The van der Waals surface area contributed by atoms with Gasteiger partial charge in [-0.1, -0.05) is 59.6 Å². The largest absolute Gasteiger partial charge is 0.273 e. The van der Waals surface area contributed by atoms with Gasteiger partial charge in [-0.2, -0.15) is 0 Å². The topological polar surface area (TPSA) is 38.3 Å². The molecular weight excluding hydrogens is 309 g/mol. The fourth-order valence-corrected chi connectivity index (χ4v) is 2.30. The van der Waals surface area contributed by atoms with Crippen LogP contribution in [0.1, 0.15) is 17.5 Å². The maximum atomic E-state index is 11.7. The van der Waals surface area contributed by atoms with Gasteiger partial charge in [-0.3, -0.25) is 9.63 Å². The summed E-state index contributed by atoms with van der Waals surface area (Å²) in [5.74, 6) is -0.183. The van der Waals surface area contributed by atoms with Gasteiger partial charge in [0.2, 0.25) is 5.91 Å². The van der Waals surface area contributed by atoms with Crippen molar-refractivity contribution < 1.29 is 9.63 Å². The van der Waals surface area contributed by atoms with Gasteiger partial charge in [0.15, 0.2) is 0 Å². The molecule has 2 aromatic carbocycles. The van der Waals surface area contributed by atoms with Crippen molar-refractivity contribution in [2.45, 2.75) is 19.4 Å². The van der Waals surface area contributed by atoms with E-state index in [2.05, 4.69) is 5.48 Å². The molecule has 1 amide bonds. The molecule has 0 fully saturated rings. The van der Waals surface area contributed by atoms with Crippen LogP contribution in [0.25, 0.3) is 0 Å². The van der Waals surface area contributed by atoms with Crippen molar-refractivity contribution >= 4 is 29.1 Å². The summed E-state index contributed by atoms with van der Waals surface area (Å²) in [6.45, 7) is 0.342. The summed E-state index contributed by atoms with van der Waals surface area (Å²) >= 11 is 11.9. The molecule has 0 aliphatic carbocycles. The van der Waals surface area contributed by atoms with Crippen molar-refractivity contribution in [3.63, 3.8) is 0 Å². The molecule has 0 unspecified atom stereocenters. The molecule has 2 rings (SSSR count). The molecule has 0 bridgehead atoms. The molecule has 0 aliphatic heterocycles. The number of halogens is 2. The summed E-state index contributed by atoms with van der Waals surface area (Å²) in [5, 5.41) is 1.15. The Bertz CT molecular complexity index is 602. The lowest BCUT2D eigenvalue weighted by molar-refractivity contribution is -0.134. The lowest BCUT2D eigenvalue weighted by atomic mass is 10.1. The number of aryl methyl sites for hydroxylation is 1. The highest BCUT2D eigenvalue weighted by atomic mass is 35.5. The van der Waals surface area contributed by atoms with Crippen LogP contribution in [0.5, 0.6) is 0 Å². The number of hydroxylamine groups is 1. The first-order valence-electron chi connectivity index (χ1n) is 6.53. The normalized spacial score (nSPS) is 10.4. The first-order valence-corrected chi connectivity index (χ1v) is 7.29. The molecule has 21 heavy (non-hydrogen) atoms. The third kappa shape index (κ3) is 5.38. The Kier molecular flexibility index (Phi) is 6.05. The Morgan fingerprint density at radius 2 is 1.86 bits per heavy atom. The molecular formula is C16H15Cl2NO2. The highest BCUT2D eigenvalue weighted by molar-refractivity contribution is 6.35. The first kappa shape index (κ1) is 15.8. The average molecular weight is 324 g/mol. The zero-order chi connectivity index (χ0) is 15.1. The van der Waals surface area contributed by atoms with Gasteiger partial charge in [-0.05, 0) is 29.7 Å². The first-order chi connectivity index (χ1) is 10.1. The number of hydrogen-bond acceptors (Lipinski definition) is 2. The van der Waals surface area contributed by atoms with E-state index < -0.39 is 0 Å². The van der Waals surface area contributed by atoms with Gasteiger partial charge < -0.3 is 0 Å². The van der Waals surface area contributed by atoms with Crippen molar-refractivity contribution in [1.29, 1.82) is 0 Å². The maximum Gasteiger partial charge on any atom is 0.243 e. The van der Waals surface area contributed by atoms with Gasteiger partial charge in [0.05, 0.1) is 6.61 Å². The standard InChI is InChI=1S/C16H15Cl2NO2/c17-14-8-6-13(15(18)10-14)7-9-16(20)19-21-11-12-4-2-1-3-5-12/h1-6,8,10H,7,9,11H2,(H,19,20). The van der Waals surface area contributed by atoms with E-state index in [0.717, 1.165) is 11.1 Å². The number of nitrogens with one attached hydrogen (secondary N) is 1. The number of carbonyl (C=O) groups excluding carboxylic acids is 1. The van der Waals surface area contributed by atoms with Gasteiger partial charge in [0.25, 0.3) is 0 Å². The summed E-state index contributed by atoms with van der Waals surface area (Å²) < 4.78 is 0. The van der Waals surface area contributed by atoms with Crippen molar-refractivity contribution in [2.75, 3.05) is 0 Å². The zero-order valence-corrected chi connectivity index (χ0v) is 12.8. The van der Waals surface area contributed by atoms with Crippen molar-refractivity contribution in [3.05, 3.63) is 69.7 Å². The Morgan fingerprint density at radius 3 is 2.57 bits per heavy atom. The van der Waals surface area contributed by atoms with Crippen LogP contribution in [0.15, 0.2) is 48.5 Å². The van der Waals surface area contributed by atoms with Gasteiger partial charge in [-0.25, -0.2) is 5.48 Å². The average Bonchev–Trinajstić information content (AvgIpc) is 2.47. The summed E-state index contributed by atoms with van der Waals surface area (Å²) in [5.41, 5.74) is 4.31. The Hall–Kier alpha value is -1.55. The van der Waals surface area contributed by atoms with E-state index in [-0.39, 0.29) is 5.91 Å². The summed E-state index contributed by atoms with van der Waals surface area (Å²) in [4.78, 5) is 16.8. The molecule has 0 saturated heterocycles. The second-order valence-corrected chi connectivity index (χ2v) is 5.38. The molecule has 0 heterocycles. The number of benzene rings is 2. The summed E-state index contributed by atoms with van der Waals surface area (Å²) in [6, 6.07) is 14.9. The number of hydrogen-bond donors (Lipinski definition) is 1. The number of carbonyl (C=O) groups is 1. The molecule has 0 saturated carbocycles. The van der Waals surface area contributed by atoms with Crippen LogP contribution >= 0.6 is 23.2 Å². The molecule has 3 nitrogen and oxygen atoms in total. The maximum absolute atomic E-state index is 11.7. The van der Waals surface area contributed by atoms with Gasteiger partial charge in [0.1, 0.15) is 0 Å². The van der Waals surface area contributed by atoms with Gasteiger partial charge >= 0.3 is 0 Å². The molecule has 110 valence electrons. The Labute approximate surface area is 133 Å². The molecule has 5 heteroatoms. The summed E-state index contributed by atoms with van der Waals surface area (Å²) in [7, 11) is 0. The molecule has 1 N–H and O–H groups in total. The predicted octanol–water partition coefficient (Wildman–Crippen LogP) is 4.17. The van der Waals surface area contributed by atoms with Crippen LogP contribution in [-0.4, -0.2) is 5.91 Å². The molecule has 0 radical (unpaired) electrons. The molecule has 2 aromatic rings. The number of amides is 1. The van der Waals surface area contributed by atoms with E-state index in [0.29, 0.717) is 29.5 Å². The van der Waals surface area contributed by atoms with Gasteiger partial charge in [-0.15, -0.1) is 0 Å². The van der Waals surface area contributed by atoms with Crippen LogP contribution in [0, 0.1) is 0 Å². The van der Waals surface area contributed by atoms with Crippen LogP contribution < -0.4 is 5.48 Å². The molecule has 0 atom stereocenters. The highest BCUT2D eigenvalue weighted by Gasteiger charge is 2.06. The lowest BCUT2D eigenvalue weighted by Crippen LogP contribution is -2.23. The van der Waals surface area contributed by atoms with Crippen LogP contribution in [-0.2, 0) is 22.7 Å². The van der Waals surface area contributed by atoms with E-state index in [1.165, 1.54) is 0 Å². The monoisotopic (exact) mass is 323 g/mol. The zero-order valence-electron chi connectivity index (χ0n) is 11.3. The minimum absolute atomic E-state index is 0.183. The second kappa shape index (κ2) is 8.03. The third-order valence-electron chi connectivity index (χ3n) is 2.90. The van der Waals surface area contributed by atoms with Crippen LogP contribution in [0.3, 0.4) is 0 Å². The lowest BCUT2D eigenvalue weighted by Gasteiger charge is -2.07. The van der Waals surface area contributed by atoms with E-state index >= 15 is 0 Å². The van der Waals surface area contributed by atoms with Gasteiger partial charge in [0, 0.05) is 16.5 Å². The molecule has 0 aliphatic rings. The third-order valence-corrected chi connectivity index (χ3v) is 3.49. The Balaban J connectivity index is 1.72. The molecule has 0 aromatic heterocycles. The fraction of sp³-hybridized carbons (Fsp3) is 0.188. The fourth-order valence-electron chi connectivity index (χ4n) is 1.80. The number of rotatable bonds is 6. The quantitative estimate of drug-likeness (QED) is 0.810. The Morgan fingerprint density at radius 1 is 1.10 bits per heavy atom. The van der Waals surface area contributed by atoms with E-state index in [4.69, 9.17) is 28.0 Å². The van der Waals surface area contributed by atoms with Crippen molar-refractivity contribution in [3.8, 4) is 0 Å². The minimum atomic E-state index is -0.183. The second-order valence-electron chi connectivity index (χ2n) is 4.54. The van der Waals surface area contributed by atoms with Crippen LogP contribution in [0.2, 0.25) is 10.0 Å². The minimum Gasteiger partial charge on any atom is -0.273 e. The molecule has 0 spiro atoms. The predicted molar refractivity (Wildman–Crippen MR) is 84.2 cm³/mol. The highest BCUT2D eigenvalue weighted by Crippen LogP contribution is 2.21. The van der Waals surface area contributed by atoms with E-state index in [1.807, 2.05) is 36.4 Å². The SMILES string of the molecule is O=C(CCc1ccc(Cl)cc1Cl)NOCc1ccccc1. The van der Waals surface area contributed by atoms with E-state index in [9.17, 15) is 4.79 Å². The van der Waals surface area contributed by atoms with Crippen molar-refractivity contribution in [1.82, 2.24) is 5.48 Å².